The number of anilines is 2. The molecule has 4 N–H and O–H groups in total. The molecule has 0 fully saturated rings. The number of carbonyl (C=O) groups is 2. The molecule has 1 aromatic heterocycles. The Morgan fingerprint density at radius 2 is 1.75 bits per heavy atom. The summed E-state index contributed by atoms with van der Waals surface area (Å²) in [6, 6.07) is 18.6. The van der Waals surface area contributed by atoms with E-state index in [4.69, 9.17) is 5.73 Å². The summed E-state index contributed by atoms with van der Waals surface area (Å²) in [7, 11) is 0. The number of nitrogen functional groups attached to an aromatic ring is 1. The van der Waals surface area contributed by atoms with Crippen molar-refractivity contribution in [2.24, 2.45) is 0 Å². The molecule has 142 valence electrons. The Hall–Kier alpha value is -3.67. The van der Waals surface area contributed by atoms with Gasteiger partial charge in [-0.25, -0.2) is 0 Å². The molecule has 28 heavy (non-hydrogen) atoms. The van der Waals surface area contributed by atoms with Crippen LogP contribution in [0.5, 0.6) is 0 Å². The molecule has 0 saturated heterocycles. The number of pyridine rings is 1. The first kappa shape index (κ1) is 19.1. The topological polar surface area (TPSA) is 97.1 Å². The minimum atomic E-state index is -0.261. The van der Waals surface area contributed by atoms with Gasteiger partial charge in [-0.2, -0.15) is 0 Å². The van der Waals surface area contributed by atoms with Crippen LogP contribution in [0, 0.1) is 0 Å². The van der Waals surface area contributed by atoms with E-state index in [1.54, 1.807) is 24.4 Å². The number of nitrogens with zero attached hydrogens (tertiary/aromatic N) is 1. The molecule has 0 spiro atoms. The van der Waals surface area contributed by atoms with Gasteiger partial charge < -0.3 is 16.4 Å². The zero-order chi connectivity index (χ0) is 19.9. The molecule has 0 radical (unpaired) electrons. The Bertz CT molecular complexity index is 956. The van der Waals surface area contributed by atoms with Crippen LogP contribution >= 0.6 is 0 Å². The Morgan fingerprint density at radius 3 is 2.39 bits per heavy atom. The van der Waals surface area contributed by atoms with Crippen molar-refractivity contribution in [2.45, 2.75) is 19.4 Å². The van der Waals surface area contributed by atoms with Crippen molar-refractivity contribution in [3.8, 4) is 0 Å². The lowest BCUT2D eigenvalue weighted by atomic mass is 9.97. The Kier molecular flexibility index (Phi) is 6.01. The molecule has 3 aromatic rings. The quantitative estimate of drug-likeness (QED) is 0.616. The summed E-state index contributed by atoms with van der Waals surface area (Å²) in [6.07, 6.45) is 3.72. The summed E-state index contributed by atoms with van der Waals surface area (Å²) in [5, 5.41) is 5.75. The van der Waals surface area contributed by atoms with Gasteiger partial charge in [0.1, 0.15) is 0 Å². The van der Waals surface area contributed by atoms with E-state index in [1.165, 1.54) is 13.1 Å². The molecule has 0 aliphatic carbocycles. The zero-order valence-electron chi connectivity index (χ0n) is 15.6. The molecule has 0 saturated carbocycles. The lowest BCUT2D eigenvalue weighted by Crippen LogP contribution is -2.27. The molecule has 0 bridgehead atoms. The molecule has 2 aromatic carbocycles. The molecule has 1 unspecified atom stereocenters. The van der Waals surface area contributed by atoms with Crippen molar-refractivity contribution < 1.29 is 9.59 Å². The number of nitrogens with one attached hydrogen (secondary N) is 2. The third-order valence-electron chi connectivity index (χ3n) is 4.34. The second-order valence-corrected chi connectivity index (χ2v) is 6.48. The second kappa shape index (κ2) is 8.81. The van der Waals surface area contributed by atoms with E-state index in [2.05, 4.69) is 15.6 Å². The van der Waals surface area contributed by atoms with Gasteiger partial charge in [-0.1, -0.05) is 42.5 Å². The number of carbonyl (C=O) groups excluding carboxylic acids is 2. The molecule has 1 heterocycles. The van der Waals surface area contributed by atoms with E-state index in [9.17, 15) is 9.59 Å². The largest absolute Gasteiger partial charge is 0.396 e. The van der Waals surface area contributed by atoms with Crippen LogP contribution in [0.25, 0.3) is 0 Å². The van der Waals surface area contributed by atoms with Crippen LogP contribution < -0.4 is 16.4 Å². The highest BCUT2D eigenvalue weighted by Gasteiger charge is 2.15. The highest BCUT2D eigenvalue weighted by molar-refractivity contribution is 6.05. The summed E-state index contributed by atoms with van der Waals surface area (Å²) < 4.78 is 0. The van der Waals surface area contributed by atoms with Gasteiger partial charge in [-0.15, -0.1) is 0 Å². The van der Waals surface area contributed by atoms with Crippen molar-refractivity contribution in [3.05, 3.63) is 89.7 Å². The van der Waals surface area contributed by atoms with Crippen molar-refractivity contribution in [2.75, 3.05) is 11.1 Å². The molecule has 6 heteroatoms. The van der Waals surface area contributed by atoms with Crippen molar-refractivity contribution in [3.63, 3.8) is 0 Å². The maximum Gasteiger partial charge on any atom is 0.255 e. The molecular formula is C22H22N4O2. The predicted octanol–water partition coefficient (Wildman–Crippen LogP) is 3.34. The van der Waals surface area contributed by atoms with Gasteiger partial charge in [0.25, 0.3) is 5.91 Å². The smallest absolute Gasteiger partial charge is 0.255 e. The molecule has 6 nitrogen and oxygen atoms in total. The van der Waals surface area contributed by atoms with Gasteiger partial charge in [0.2, 0.25) is 5.91 Å². The summed E-state index contributed by atoms with van der Waals surface area (Å²) in [4.78, 5) is 28.0. The Labute approximate surface area is 163 Å². The van der Waals surface area contributed by atoms with E-state index in [0.29, 0.717) is 23.4 Å². The number of hydrogen-bond donors (Lipinski definition) is 3. The second-order valence-electron chi connectivity index (χ2n) is 6.48. The van der Waals surface area contributed by atoms with Gasteiger partial charge in [0.05, 0.1) is 23.6 Å². The van der Waals surface area contributed by atoms with Crippen LogP contribution in [0.1, 0.15) is 34.5 Å². The standard InChI is InChI=1S/C22H22N4O2/c1-15(27)25-21(13-16-5-3-2-4-6-16)17-7-9-18(10-8-17)22(28)26-20-11-12-24-14-19(20)23/h2-12,14,21H,13,23H2,1H3,(H,25,27)(H,24,26,28). The minimum absolute atomic E-state index is 0.101. The number of nitrogens with two attached hydrogens (primary N) is 1. The van der Waals surface area contributed by atoms with Crippen LogP contribution in [-0.2, 0) is 11.2 Å². The third-order valence-corrected chi connectivity index (χ3v) is 4.34. The molecule has 0 aliphatic heterocycles. The molecule has 0 aliphatic rings. The SMILES string of the molecule is CC(=O)NC(Cc1ccccc1)c1ccc(C(=O)Nc2ccncc2N)cc1. The maximum atomic E-state index is 12.5. The molecule has 2 amide bonds. The highest BCUT2D eigenvalue weighted by atomic mass is 16.2. The number of benzene rings is 2. The maximum absolute atomic E-state index is 12.5. The number of amides is 2. The van der Waals surface area contributed by atoms with Crippen molar-refractivity contribution in [1.82, 2.24) is 10.3 Å². The summed E-state index contributed by atoms with van der Waals surface area (Å²) in [5.41, 5.74) is 9.29. The molecular weight excluding hydrogens is 352 g/mol. The van der Waals surface area contributed by atoms with Crippen LogP contribution in [0.4, 0.5) is 11.4 Å². The van der Waals surface area contributed by atoms with Crippen LogP contribution in [0.15, 0.2) is 73.1 Å². The Balaban J connectivity index is 1.75. The van der Waals surface area contributed by atoms with Crippen LogP contribution in [0.2, 0.25) is 0 Å². The fourth-order valence-electron chi connectivity index (χ4n) is 2.93. The number of hydrogen-bond acceptors (Lipinski definition) is 4. The third kappa shape index (κ3) is 4.94. The summed E-state index contributed by atoms with van der Waals surface area (Å²) in [5.74, 6) is -0.362. The Morgan fingerprint density at radius 1 is 1.04 bits per heavy atom. The van der Waals surface area contributed by atoms with Crippen LogP contribution in [-0.4, -0.2) is 16.8 Å². The van der Waals surface area contributed by atoms with Crippen molar-refractivity contribution in [1.29, 1.82) is 0 Å². The summed E-state index contributed by atoms with van der Waals surface area (Å²) in [6.45, 7) is 1.50. The molecule has 1 atom stereocenters. The van der Waals surface area contributed by atoms with E-state index in [1.807, 2.05) is 42.5 Å². The fourth-order valence-corrected chi connectivity index (χ4v) is 2.93. The van der Waals surface area contributed by atoms with E-state index in [-0.39, 0.29) is 17.9 Å². The minimum Gasteiger partial charge on any atom is -0.396 e. The normalized spacial score (nSPS) is 11.5. The predicted molar refractivity (Wildman–Crippen MR) is 110 cm³/mol. The monoisotopic (exact) mass is 374 g/mol. The highest BCUT2D eigenvalue weighted by Crippen LogP contribution is 2.21. The average Bonchev–Trinajstić information content (AvgIpc) is 2.70. The van der Waals surface area contributed by atoms with Crippen molar-refractivity contribution >= 4 is 23.2 Å². The lowest BCUT2D eigenvalue weighted by Gasteiger charge is -2.19. The van der Waals surface area contributed by atoms with Gasteiger partial charge in [-0.05, 0) is 35.7 Å². The first-order chi connectivity index (χ1) is 13.5. The van der Waals surface area contributed by atoms with Gasteiger partial charge in [0, 0.05) is 18.7 Å². The lowest BCUT2D eigenvalue weighted by molar-refractivity contribution is -0.119. The first-order valence-electron chi connectivity index (χ1n) is 8.95. The van der Waals surface area contributed by atoms with Gasteiger partial charge >= 0.3 is 0 Å². The fraction of sp³-hybridized carbons (Fsp3) is 0.136. The van der Waals surface area contributed by atoms with E-state index in [0.717, 1.165) is 11.1 Å². The number of rotatable bonds is 6. The summed E-state index contributed by atoms with van der Waals surface area (Å²) >= 11 is 0. The van der Waals surface area contributed by atoms with Gasteiger partial charge in [0.15, 0.2) is 0 Å². The van der Waals surface area contributed by atoms with Crippen LogP contribution in [0.3, 0.4) is 0 Å². The zero-order valence-corrected chi connectivity index (χ0v) is 15.6. The van der Waals surface area contributed by atoms with E-state index < -0.39 is 0 Å². The average molecular weight is 374 g/mol. The van der Waals surface area contributed by atoms with Gasteiger partial charge in [-0.3, -0.25) is 14.6 Å². The van der Waals surface area contributed by atoms with E-state index >= 15 is 0 Å². The first-order valence-corrected chi connectivity index (χ1v) is 8.95. The molecule has 3 rings (SSSR count). The number of aromatic nitrogens is 1.